The van der Waals surface area contributed by atoms with E-state index in [1.54, 1.807) is 0 Å². The zero-order valence-corrected chi connectivity index (χ0v) is 7.77. The van der Waals surface area contributed by atoms with E-state index in [-0.39, 0.29) is 18.8 Å². The van der Waals surface area contributed by atoms with Crippen molar-refractivity contribution < 1.29 is 24.0 Å². The van der Waals surface area contributed by atoms with E-state index >= 15 is 0 Å². The zero-order chi connectivity index (χ0) is 9.84. The number of halogens is 1. The lowest BCUT2D eigenvalue weighted by Crippen LogP contribution is -2.46. The summed E-state index contributed by atoms with van der Waals surface area (Å²) in [7, 11) is 1.52. The standard InChI is InChI=1S/C8H15FO4/c1-5-3-7(11-2)13-6(4-12-9)8(5)10/h5-8,10H,3-4H2,1-2H3/t5?,6-,7-,8+/m1/s1. The van der Waals surface area contributed by atoms with E-state index < -0.39 is 12.2 Å². The van der Waals surface area contributed by atoms with Gasteiger partial charge in [0, 0.05) is 13.5 Å². The largest absolute Gasteiger partial charge is 0.390 e. The maximum Gasteiger partial charge on any atom is 0.158 e. The van der Waals surface area contributed by atoms with E-state index in [1.165, 1.54) is 7.11 Å². The molecule has 0 saturated carbocycles. The number of aliphatic hydroxyl groups excluding tert-OH is 1. The maximum absolute atomic E-state index is 11.6. The van der Waals surface area contributed by atoms with Crippen molar-refractivity contribution in [2.45, 2.75) is 31.8 Å². The van der Waals surface area contributed by atoms with Crippen LogP contribution in [0, 0.1) is 5.92 Å². The number of rotatable bonds is 3. The van der Waals surface area contributed by atoms with Crippen LogP contribution in [-0.2, 0) is 14.4 Å². The maximum atomic E-state index is 11.6. The number of hydrogen-bond donors (Lipinski definition) is 1. The van der Waals surface area contributed by atoms with Crippen molar-refractivity contribution in [3.63, 3.8) is 0 Å². The molecule has 78 valence electrons. The third kappa shape index (κ3) is 2.60. The van der Waals surface area contributed by atoms with Crippen molar-refractivity contribution in [2.75, 3.05) is 13.7 Å². The highest BCUT2D eigenvalue weighted by atomic mass is 19.3. The molecule has 1 aliphatic rings. The minimum atomic E-state index is -0.692. The molecule has 13 heavy (non-hydrogen) atoms. The Kier molecular flexibility index (Phi) is 4.05. The molecule has 1 N–H and O–H groups in total. The Balaban J connectivity index is 2.50. The molecular weight excluding hydrogens is 179 g/mol. The van der Waals surface area contributed by atoms with Crippen molar-refractivity contribution in [1.82, 2.24) is 0 Å². The second-order valence-electron chi connectivity index (χ2n) is 3.32. The Morgan fingerprint density at radius 2 is 2.31 bits per heavy atom. The van der Waals surface area contributed by atoms with Crippen molar-refractivity contribution >= 4 is 0 Å². The van der Waals surface area contributed by atoms with Gasteiger partial charge in [-0.2, -0.15) is 4.94 Å². The van der Waals surface area contributed by atoms with E-state index in [2.05, 4.69) is 4.94 Å². The lowest BCUT2D eigenvalue weighted by Gasteiger charge is -2.36. The molecule has 0 aromatic carbocycles. The Morgan fingerprint density at radius 3 is 2.85 bits per heavy atom. The van der Waals surface area contributed by atoms with Crippen LogP contribution in [0.5, 0.6) is 0 Å². The Labute approximate surface area is 76.5 Å². The lowest BCUT2D eigenvalue weighted by atomic mass is 9.93. The van der Waals surface area contributed by atoms with Gasteiger partial charge in [0.25, 0.3) is 0 Å². The van der Waals surface area contributed by atoms with Gasteiger partial charge >= 0.3 is 0 Å². The molecule has 0 aromatic heterocycles. The molecule has 0 radical (unpaired) electrons. The van der Waals surface area contributed by atoms with Gasteiger partial charge in [0.1, 0.15) is 12.7 Å². The van der Waals surface area contributed by atoms with Gasteiger partial charge in [-0.25, -0.2) is 0 Å². The highest BCUT2D eigenvalue weighted by molar-refractivity contribution is 4.80. The SMILES string of the molecule is CO[C@H]1CC(C)[C@H](O)[C@@H](COF)O1. The fourth-order valence-corrected chi connectivity index (χ4v) is 1.49. The van der Waals surface area contributed by atoms with Gasteiger partial charge in [-0.05, 0) is 10.4 Å². The minimum Gasteiger partial charge on any atom is -0.390 e. The monoisotopic (exact) mass is 194 g/mol. The first-order valence-electron chi connectivity index (χ1n) is 4.29. The molecule has 1 heterocycles. The summed E-state index contributed by atoms with van der Waals surface area (Å²) >= 11 is 0. The molecule has 1 saturated heterocycles. The fourth-order valence-electron chi connectivity index (χ4n) is 1.49. The van der Waals surface area contributed by atoms with Crippen LogP contribution in [0.3, 0.4) is 0 Å². The molecule has 1 fully saturated rings. The van der Waals surface area contributed by atoms with Gasteiger partial charge in [-0.3, -0.25) is 0 Å². The molecule has 0 bridgehead atoms. The van der Waals surface area contributed by atoms with E-state index in [9.17, 15) is 9.63 Å². The van der Waals surface area contributed by atoms with Crippen molar-refractivity contribution in [3.05, 3.63) is 0 Å². The van der Waals surface area contributed by atoms with Crippen LogP contribution in [0.25, 0.3) is 0 Å². The van der Waals surface area contributed by atoms with Gasteiger partial charge in [0.2, 0.25) is 0 Å². The number of hydrogen-bond acceptors (Lipinski definition) is 4. The summed E-state index contributed by atoms with van der Waals surface area (Å²) in [4.78, 5) is 3.45. The predicted molar refractivity (Wildman–Crippen MR) is 42.5 cm³/mol. The van der Waals surface area contributed by atoms with Crippen LogP contribution in [0.15, 0.2) is 0 Å². The van der Waals surface area contributed by atoms with Crippen LogP contribution in [0.2, 0.25) is 0 Å². The minimum absolute atomic E-state index is 0.0267. The van der Waals surface area contributed by atoms with Crippen LogP contribution >= 0.6 is 0 Å². The van der Waals surface area contributed by atoms with Crippen LogP contribution in [0.1, 0.15) is 13.3 Å². The molecule has 0 amide bonds. The molecule has 0 aromatic rings. The van der Waals surface area contributed by atoms with E-state index in [0.29, 0.717) is 6.42 Å². The first-order valence-corrected chi connectivity index (χ1v) is 4.29. The van der Waals surface area contributed by atoms with Gasteiger partial charge in [0.15, 0.2) is 6.29 Å². The summed E-state index contributed by atoms with van der Waals surface area (Å²) in [6.07, 6.45) is -1.10. The van der Waals surface area contributed by atoms with Gasteiger partial charge < -0.3 is 14.6 Å². The first kappa shape index (κ1) is 10.8. The number of aliphatic hydroxyl groups is 1. The number of ether oxygens (including phenoxy) is 2. The molecule has 4 nitrogen and oxygen atoms in total. The Bertz CT molecular complexity index is 155. The molecule has 1 rings (SSSR count). The Hall–Kier alpha value is -0.230. The molecule has 0 aliphatic carbocycles. The normalized spacial score (nSPS) is 40.6. The predicted octanol–water partition coefficient (Wildman–Crippen LogP) is 0.646. The highest BCUT2D eigenvalue weighted by Crippen LogP contribution is 2.25. The molecular formula is C8H15FO4. The summed E-state index contributed by atoms with van der Waals surface area (Å²) in [5, 5.41) is 9.55. The fraction of sp³-hybridized carbons (Fsp3) is 1.00. The molecule has 1 unspecified atom stereocenters. The van der Waals surface area contributed by atoms with Crippen LogP contribution in [0.4, 0.5) is 4.53 Å². The van der Waals surface area contributed by atoms with Crippen molar-refractivity contribution in [3.8, 4) is 0 Å². The third-order valence-electron chi connectivity index (χ3n) is 2.34. The summed E-state index contributed by atoms with van der Waals surface area (Å²) in [5.74, 6) is 0.0267. The Morgan fingerprint density at radius 1 is 1.62 bits per heavy atom. The topological polar surface area (TPSA) is 47.9 Å². The summed E-state index contributed by atoms with van der Waals surface area (Å²) in [5.41, 5.74) is 0. The lowest BCUT2D eigenvalue weighted by molar-refractivity contribution is -0.262. The van der Waals surface area contributed by atoms with Gasteiger partial charge in [-0.1, -0.05) is 6.92 Å². The van der Waals surface area contributed by atoms with Crippen molar-refractivity contribution in [2.24, 2.45) is 5.92 Å². The van der Waals surface area contributed by atoms with Crippen LogP contribution < -0.4 is 0 Å². The first-order chi connectivity index (χ1) is 6.19. The van der Waals surface area contributed by atoms with Crippen molar-refractivity contribution in [1.29, 1.82) is 0 Å². The highest BCUT2D eigenvalue weighted by Gasteiger charge is 2.35. The van der Waals surface area contributed by atoms with E-state index in [1.807, 2.05) is 6.92 Å². The molecule has 1 aliphatic heterocycles. The summed E-state index contributed by atoms with van der Waals surface area (Å²) in [6, 6.07) is 0. The van der Waals surface area contributed by atoms with Gasteiger partial charge in [-0.15, -0.1) is 0 Å². The molecule has 0 spiro atoms. The second kappa shape index (κ2) is 4.85. The molecule has 4 atom stereocenters. The quantitative estimate of drug-likeness (QED) is 0.716. The smallest absolute Gasteiger partial charge is 0.158 e. The zero-order valence-electron chi connectivity index (χ0n) is 7.77. The van der Waals surface area contributed by atoms with E-state index in [0.717, 1.165) is 0 Å². The second-order valence-corrected chi connectivity index (χ2v) is 3.32. The summed E-state index contributed by atoms with van der Waals surface area (Å²) < 4.78 is 21.8. The average Bonchev–Trinajstić information content (AvgIpc) is 2.13. The van der Waals surface area contributed by atoms with Crippen LogP contribution in [-0.4, -0.2) is 37.3 Å². The average molecular weight is 194 g/mol. The molecule has 5 heteroatoms. The summed E-state index contributed by atoms with van der Waals surface area (Å²) in [6.45, 7) is 1.61. The van der Waals surface area contributed by atoms with Gasteiger partial charge in [0.05, 0.1) is 6.10 Å². The third-order valence-corrected chi connectivity index (χ3v) is 2.34. The van der Waals surface area contributed by atoms with E-state index in [4.69, 9.17) is 9.47 Å². The number of methoxy groups -OCH3 is 1.